The van der Waals surface area contributed by atoms with E-state index in [9.17, 15) is 19.8 Å². The summed E-state index contributed by atoms with van der Waals surface area (Å²) in [6.45, 7) is 0.781. The average molecular weight is 290 g/mol. The Hall–Kier alpha value is -2.08. The minimum atomic E-state index is -1.05. The van der Waals surface area contributed by atoms with Gasteiger partial charge in [-0.3, -0.25) is 4.79 Å². The Labute approximate surface area is 122 Å². The number of benzene rings is 1. The summed E-state index contributed by atoms with van der Waals surface area (Å²) in [4.78, 5) is 25.3. The normalized spacial score (nSPS) is 27.9. The van der Waals surface area contributed by atoms with Gasteiger partial charge in [0, 0.05) is 25.2 Å². The SMILES string of the molecule is O=C(O)[C@H]1C[C@@H](O)CN1C(=O)C1CCNc2ccccc21. The lowest BCUT2D eigenvalue weighted by Crippen LogP contribution is -2.44. The van der Waals surface area contributed by atoms with Crippen LogP contribution >= 0.6 is 0 Å². The minimum Gasteiger partial charge on any atom is -0.480 e. The number of nitrogens with one attached hydrogen (secondary N) is 1. The molecule has 3 rings (SSSR count). The number of hydrogen-bond acceptors (Lipinski definition) is 4. The summed E-state index contributed by atoms with van der Waals surface area (Å²) in [5.41, 5.74) is 1.83. The van der Waals surface area contributed by atoms with Crippen molar-refractivity contribution in [2.75, 3.05) is 18.4 Å². The highest BCUT2D eigenvalue weighted by molar-refractivity contribution is 5.90. The van der Waals surface area contributed by atoms with Crippen LogP contribution in [0.4, 0.5) is 5.69 Å². The third-order valence-electron chi connectivity index (χ3n) is 4.23. The van der Waals surface area contributed by atoms with Crippen molar-refractivity contribution in [2.24, 2.45) is 0 Å². The van der Waals surface area contributed by atoms with Crippen LogP contribution < -0.4 is 5.32 Å². The Kier molecular flexibility index (Phi) is 3.55. The number of carbonyl (C=O) groups excluding carboxylic acids is 1. The fourth-order valence-corrected chi connectivity index (χ4v) is 3.22. The van der Waals surface area contributed by atoms with Crippen molar-refractivity contribution in [1.82, 2.24) is 4.90 Å². The molecule has 0 bridgehead atoms. The predicted octanol–water partition coefficient (Wildman–Crippen LogP) is 0.632. The Morgan fingerprint density at radius 3 is 2.81 bits per heavy atom. The first-order valence-electron chi connectivity index (χ1n) is 7.12. The molecule has 1 amide bonds. The fraction of sp³-hybridized carbons (Fsp3) is 0.467. The van der Waals surface area contributed by atoms with Crippen LogP contribution in [0.2, 0.25) is 0 Å². The number of amides is 1. The van der Waals surface area contributed by atoms with Gasteiger partial charge in [-0.25, -0.2) is 4.79 Å². The van der Waals surface area contributed by atoms with Crippen LogP contribution in [0, 0.1) is 0 Å². The number of likely N-dealkylation sites (tertiary alicyclic amines) is 1. The van der Waals surface area contributed by atoms with E-state index in [4.69, 9.17) is 0 Å². The van der Waals surface area contributed by atoms with Crippen LogP contribution in [-0.4, -0.2) is 52.2 Å². The van der Waals surface area contributed by atoms with E-state index in [0.29, 0.717) is 13.0 Å². The van der Waals surface area contributed by atoms with Crippen LogP contribution in [0.1, 0.15) is 24.3 Å². The number of aliphatic hydroxyl groups is 1. The van der Waals surface area contributed by atoms with Crippen LogP contribution in [0.15, 0.2) is 24.3 Å². The van der Waals surface area contributed by atoms with Gasteiger partial charge in [-0.1, -0.05) is 18.2 Å². The molecule has 1 aromatic carbocycles. The topological polar surface area (TPSA) is 89.9 Å². The van der Waals surface area contributed by atoms with Gasteiger partial charge in [0.2, 0.25) is 5.91 Å². The number of carbonyl (C=O) groups is 2. The number of carboxylic acid groups (broad SMARTS) is 1. The van der Waals surface area contributed by atoms with Crippen molar-refractivity contribution in [3.8, 4) is 0 Å². The smallest absolute Gasteiger partial charge is 0.326 e. The highest BCUT2D eigenvalue weighted by Crippen LogP contribution is 2.34. The molecule has 112 valence electrons. The van der Waals surface area contributed by atoms with Crippen molar-refractivity contribution in [3.63, 3.8) is 0 Å². The van der Waals surface area contributed by atoms with E-state index in [-0.39, 0.29) is 24.8 Å². The van der Waals surface area contributed by atoms with Crippen molar-refractivity contribution < 1.29 is 19.8 Å². The minimum absolute atomic E-state index is 0.0991. The monoisotopic (exact) mass is 290 g/mol. The third-order valence-corrected chi connectivity index (χ3v) is 4.23. The van der Waals surface area contributed by atoms with E-state index in [1.165, 1.54) is 4.90 Å². The summed E-state index contributed by atoms with van der Waals surface area (Å²) >= 11 is 0. The number of carboxylic acids is 1. The van der Waals surface area contributed by atoms with Gasteiger partial charge in [0.25, 0.3) is 0 Å². The summed E-state index contributed by atoms with van der Waals surface area (Å²) in [6.07, 6.45) is -0.0188. The molecule has 21 heavy (non-hydrogen) atoms. The van der Waals surface area contributed by atoms with Crippen molar-refractivity contribution in [1.29, 1.82) is 0 Å². The lowest BCUT2D eigenvalue weighted by atomic mass is 9.89. The lowest BCUT2D eigenvalue weighted by Gasteiger charge is -2.31. The number of rotatable bonds is 2. The molecule has 3 atom stereocenters. The maximum Gasteiger partial charge on any atom is 0.326 e. The molecule has 0 radical (unpaired) electrons. The van der Waals surface area contributed by atoms with E-state index < -0.39 is 18.1 Å². The summed E-state index contributed by atoms with van der Waals surface area (Å²) < 4.78 is 0. The van der Waals surface area contributed by atoms with Gasteiger partial charge in [0.1, 0.15) is 6.04 Å². The Morgan fingerprint density at radius 2 is 2.05 bits per heavy atom. The number of aliphatic carboxylic acids is 1. The summed E-state index contributed by atoms with van der Waals surface area (Å²) in [7, 11) is 0. The number of anilines is 1. The maximum atomic E-state index is 12.7. The van der Waals surface area contributed by atoms with E-state index in [0.717, 1.165) is 11.3 Å². The zero-order valence-electron chi connectivity index (χ0n) is 11.5. The average Bonchev–Trinajstić information content (AvgIpc) is 2.88. The molecule has 6 nitrogen and oxygen atoms in total. The number of hydrogen-bond donors (Lipinski definition) is 3. The molecule has 3 N–H and O–H groups in total. The predicted molar refractivity (Wildman–Crippen MR) is 76.1 cm³/mol. The number of para-hydroxylation sites is 1. The number of fused-ring (bicyclic) bond motifs is 1. The molecule has 2 heterocycles. The molecule has 1 saturated heterocycles. The second kappa shape index (κ2) is 5.37. The first kappa shape index (κ1) is 13.9. The fourth-order valence-electron chi connectivity index (χ4n) is 3.22. The van der Waals surface area contributed by atoms with E-state index in [2.05, 4.69) is 5.32 Å². The van der Waals surface area contributed by atoms with Gasteiger partial charge in [0.05, 0.1) is 12.0 Å². The number of β-amino-alcohol motifs (C(OH)–C–C–N with tert-alkyl or cyclic N) is 1. The van der Waals surface area contributed by atoms with Crippen molar-refractivity contribution in [3.05, 3.63) is 29.8 Å². The molecular formula is C15H18N2O4. The van der Waals surface area contributed by atoms with Gasteiger partial charge >= 0.3 is 5.97 Å². The largest absolute Gasteiger partial charge is 0.480 e. The first-order chi connectivity index (χ1) is 10.1. The lowest BCUT2D eigenvalue weighted by molar-refractivity contribution is -0.148. The van der Waals surface area contributed by atoms with Crippen LogP contribution in [0.3, 0.4) is 0 Å². The Morgan fingerprint density at radius 1 is 1.29 bits per heavy atom. The van der Waals surface area contributed by atoms with Crippen LogP contribution in [-0.2, 0) is 9.59 Å². The van der Waals surface area contributed by atoms with Gasteiger partial charge in [-0.05, 0) is 18.1 Å². The molecular weight excluding hydrogens is 272 g/mol. The van der Waals surface area contributed by atoms with Crippen LogP contribution in [0.5, 0.6) is 0 Å². The molecule has 6 heteroatoms. The second-order valence-corrected chi connectivity index (χ2v) is 5.59. The van der Waals surface area contributed by atoms with Crippen molar-refractivity contribution in [2.45, 2.75) is 30.9 Å². The zero-order chi connectivity index (χ0) is 15.0. The molecule has 0 saturated carbocycles. The first-order valence-corrected chi connectivity index (χ1v) is 7.12. The Bertz CT molecular complexity index is 575. The quantitative estimate of drug-likeness (QED) is 0.743. The zero-order valence-corrected chi connectivity index (χ0v) is 11.5. The van der Waals surface area contributed by atoms with Gasteiger partial charge in [0.15, 0.2) is 0 Å². The van der Waals surface area contributed by atoms with Gasteiger partial charge in [-0.15, -0.1) is 0 Å². The molecule has 1 fully saturated rings. The van der Waals surface area contributed by atoms with Crippen molar-refractivity contribution >= 4 is 17.6 Å². The number of aliphatic hydroxyl groups excluding tert-OH is 1. The molecule has 2 aliphatic rings. The molecule has 2 aliphatic heterocycles. The highest BCUT2D eigenvalue weighted by atomic mass is 16.4. The molecule has 0 aliphatic carbocycles. The molecule has 1 aromatic rings. The van der Waals surface area contributed by atoms with E-state index in [1.54, 1.807) is 0 Å². The summed E-state index contributed by atoms with van der Waals surface area (Å²) in [5.74, 6) is -1.59. The molecule has 0 aromatic heterocycles. The second-order valence-electron chi connectivity index (χ2n) is 5.59. The summed E-state index contributed by atoms with van der Waals surface area (Å²) in [5, 5.41) is 22.2. The van der Waals surface area contributed by atoms with Crippen LogP contribution in [0.25, 0.3) is 0 Å². The summed E-state index contributed by atoms with van der Waals surface area (Å²) in [6, 6.07) is 6.67. The third kappa shape index (κ3) is 2.47. The van der Waals surface area contributed by atoms with Gasteiger partial charge < -0.3 is 20.4 Å². The van der Waals surface area contributed by atoms with E-state index in [1.807, 2.05) is 24.3 Å². The Balaban J connectivity index is 1.87. The van der Waals surface area contributed by atoms with E-state index >= 15 is 0 Å². The molecule has 0 spiro atoms. The highest BCUT2D eigenvalue weighted by Gasteiger charge is 2.42. The number of nitrogens with zero attached hydrogens (tertiary/aromatic N) is 1. The van der Waals surface area contributed by atoms with Gasteiger partial charge in [-0.2, -0.15) is 0 Å². The standard InChI is InChI=1S/C15H18N2O4/c18-9-7-13(15(20)21)17(8-9)14(19)11-5-6-16-12-4-2-1-3-10(11)12/h1-4,9,11,13,16,18H,5-8H2,(H,20,21)/t9-,11?,13-/m1/s1. The maximum absolute atomic E-state index is 12.7. The molecule has 1 unspecified atom stereocenters.